The summed E-state index contributed by atoms with van der Waals surface area (Å²) >= 11 is 0. The molecule has 110 valence electrons. The monoisotopic (exact) mass is 273 g/mol. The Bertz CT molecular complexity index is 474. The van der Waals surface area contributed by atoms with E-state index in [2.05, 4.69) is 30.9 Å². The quantitative estimate of drug-likeness (QED) is 0.700. The van der Waals surface area contributed by atoms with Gasteiger partial charge in [-0.1, -0.05) is 31.5 Å². The van der Waals surface area contributed by atoms with Crippen molar-refractivity contribution in [2.24, 2.45) is 5.92 Å². The second-order valence-electron chi connectivity index (χ2n) is 6.63. The highest BCUT2D eigenvalue weighted by Gasteiger charge is 2.30. The summed E-state index contributed by atoms with van der Waals surface area (Å²) in [6.07, 6.45) is 3.70. The molecule has 1 aliphatic rings. The average molecular weight is 273 g/mol. The van der Waals surface area contributed by atoms with Gasteiger partial charge in [-0.25, -0.2) is 0 Å². The number of hydrogen-bond acceptors (Lipinski definition) is 2. The van der Waals surface area contributed by atoms with Crippen LogP contribution in [0, 0.1) is 19.8 Å². The molecule has 0 N–H and O–H groups in total. The van der Waals surface area contributed by atoms with Crippen LogP contribution in [-0.4, -0.2) is 29.8 Å². The Hall–Kier alpha value is -1.15. The van der Waals surface area contributed by atoms with Gasteiger partial charge < -0.3 is 0 Å². The van der Waals surface area contributed by atoms with E-state index in [0.717, 1.165) is 17.7 Å². The molecular formula is C18H27NO. The van der Waals surface area contributed by atoms with E-state index < -0.39 is 0 Å². The lowest BCUT2D eigenvalue weighted by molar-refractivity contribution is 0.0920. The van der Waals surface area contributed by atoms with Crippen molar-refractivity contribution in [3.8, 4) is 0 Å². The summed E-state index contributed by atoms with van der Waals surface area (Å²) in [5.41, 5.74) is 3.17. The van der Waals surface area contributed by atoms with Crippen LogP contribution in [0.25, 0.3) is 0 Å². The lowest BCUT2D eigenvalue weighted by Crippen LogP contribution is -2.33. The molecule has 1 aliphatic carbocycles. The molecule has 0 amide bonds. The molecule has 1 saturated carbocycles. The number of carbonyl (C=O) groups excluding carboxylic acids is 1. The molecule has 20 heavy (non-hydrogen) atoms. The zero-order chi connectivity index (χ0) is 14.7. The predicted octanol–water partition coefficient (Wildman–Crippen LogP) is 4.00. The van der Waals surface area contributed by atoms with Crippen molar-refractivity contribution in [2.75, 3.05) is 13.1 Å². The Balaban J connectivity index is 2.02. The average Bonchev–Trinajstić information content (AvgIpc) is 3.21. The molecule has 0 aliphatic heterocycles. The second kappa shape index (κ2) is 6.53. The van der Waals surface area contributed by atoms with Gasteiger partial charge >= 0.3 is 0 Å². The summed E-state index contributed by atoms with van der Waals surface area (Å²) in [4.78, 5) is 15.0. The first-order chi connectivity index (χ1) is 9.47. The Labute approximate surface area is 123 Å². The number of carbonyl (C=O) groups is 1. The van der Waals surface area contributed by atoms with Gasteiger partial charge in [0, 0.05) is 11.6 Å². The molecule has 1 fully saturated rings. The third kappa shape index (κ3) is 4.17. The van der Waals surface area contributed by atoms with Crippen LogP contribution in [0.2, 0.25) is 0 Å². The number of benzene rings is 1. The van der Waals surface area contributed by atoms with E-state index in [4.69, 9.17) is 0 Å². The van der Waals surface area contributed by atoms with Gasteiger partial charge in [-0.15, -0.1) is 0 Å². The van der Waals surface area contributed by atoms with Crippen LogP contribution in [0.1, 0.15) is 54.6 Å². The number of nitrogens with zero attached hydrogens (tertiary/aromatic N) is 1. The topological polar surface area (TPSA) is 20.3 Å². The largest absolute Gasteiger partial charge is 0.293 e. The SMILES string of the molecule is Cc1ccc(C)c(C(=O)CN(CCC(C)C)C2CC2)c1. The van der Waals surface area contributed by atoms with Crippen molar-refractivity contribution < 1.29 is 4.79 Å². The molecule has 1 aromatic carbocycles. The smallest absolute Gasteiger partial charge is 0.177 e. The van der Waals surface area contributed by atoms with E-state index in [9.17, 15) is 4.79 Å². The van der Waals surface area contributed by atoms with E-state index in [0.29, 0.717) is 18.5 Å². The van der Waals surface area contributed by atoms with Gasteiger partial charge in [0.25, 0.3) is 0 Å². The van der Waals surface area contributed by atoms with Crippen molar-refractivity contribution in [2.45, 2.75) is 53.0 Å². The fourth-order valence-electron chi connectivity index (χ4n) is 2.56. The first kappa shape index (κ1) is 15.2. The Morgan fingerprint density at radius 3 is 2.60 bits per heavy atom. The number of aryl methyl sites for hydroxylation is 2. The first-order valence-electron chi connectivity index (χ1n) is 7.82. The summed E-state index contributed by atoms with van der Waals surface area (Å²) in [5.74, 6) is 0.980. The molecule has 0 aromatic heterocycles. The second-order valence-corrected chi connectivity index (χ2v) is 6.63. The van der Waals surface area contributed by atoms with Gasteiger partial charge in [-0.2, -0.15) is 0 Å². The summed E-state index contributed by atoms with van der Waals surface area (Å²) < 4.78 is 0. The molecule has 2 nitrogen and oxygen atoms in total. The van der Waals surface area contributed by atoms with Gasteiger partial charge in [0.1, 0.15) is 0 Å². The lowest BCUT2D eigenvalue weighted by atomic mass is 10.0. The van der Waals surface area contributed by atoms with Crippen LogP contribution in [0.15, 0.2) is 18.2 Å². The van der Waals surface area contributed by atoms with Crippen molar-refractivity contribution in [1.29, 1.82) is 0 Å². The van der Waals surface area contributed by atoms with E-state index in [1.807, 2.05) is 19.9 Å². The van der Waals surface area contributed by atoms with Gasteiger partial charge in [-0.05, 0) is 57.2 Å². The zero-order valence-corrected chi connectivity index (χ0v) is 13.3. The van der Waals surface area contributed by atoms with Crippen molar-refractivity contribution in [3.05, 3.63) is 34.9 Å². The normalized spacial score (nSPS) is 15.1. The Morgan fingerprint density at radius 2 is 2.00 bits per heavy atom. The third-order valence-corrected chi connectivity index (χ3v) is 4.10. The standard InChI is InChI=1S/C18H27NO/c1-13(2)9-10-19(16-7-8-16)12-18(20)17-11-14(3)5-6-15(17)4/h5-6,11,13,16H,7-10,12H2,1-4H3. The maximum Gasteiger partial charge on any atom is 0.177 e. The molecule has 0 heterocycles. The zero-order valence-electron chi connectivity index (χ0n) is 13.3. The van der Waals surface area contributed by atoms with E-state index in [-0.39, 0.29) is 5.78 Å². The highest BCUT2D eigenvalue weighted by molar-refractivity contribution is 5.99. The Morgan fingerprint density at radius 1 is 1.30 bits per heavy atom. The Kier molecular flexibility index (Phi) is 4.98. The van der Waals surface area contributed by atoms with E-state index in [1.165, 1.54) is 24.8 Å². The van der Waals surface area contributed by atoms with Crippen molar-refractivity contribution in [1.82, 2.24) is 4.90 Å². The minimum atomic E-state index is 0.279. The predicted molar refractivity (Wildman–Crippen MR) is 84.3 cm³/mol. The van der Waals surface area contributed by atoms with Gasteiger partial charge in [0.2, 0.25) is 0 Å². The van der Waals surface area contributed by atoms with Crippen molar-refractivity contribution in [3.63, 3.8) is 0 Å². The van der Waals surface area contributed by atoms with Gasteiger partial charge in [0.15, 0.2) is 5.78 Å². The molecule has 0 saturated heterocycles. The molecule has 0 radical (unpaired) electrons. The minimum Gasteiger partial charge on any atom is -0.293 e. The van der Waals surface area contributed by atoms with E-state index >= 15 is 0 Å². The summed E-state index contributed by atoms with van der Waals surface area (Å²) in [5, 5.41) is 0. The molecular weight excluding hydrogens is 246 g/mol. The lowest BCUT2D eigenvalue weighted by Gasteiger charge is -2.22. The summed E-state index contributed by atoms with van der Waals surface area (Å²) in [6.45, 7) is 10.2. The van der Waals surface area contributed by atoms with Crippen LogP contribution in [0.4, 0.5) is 0 Å². The fraction of sp³-hybridized carbons (Fsp3) is 0.611. The number of hydrogen-bond donors (Lipinski definition) is 0. The van der Waals surface area contributed by atoms with Gasteiger partial charge in [-0.3, -0.25) is 9.69 Å². The number of rotatable bonds is 7. The molecule has 0 unspecified atom stereocenters. The minimum absolute atomic E-state index is 0.279. The number of ketones is 1. The molecule has 0 spiro atoms. The number of Topliss-reactive ketones (excluding diaryl/α,β-unsaturated/α-hetero) is 1. The molecule has 0 atom stereocenters. The highest BCUT2D eigenvalue weighted by atomic mass is 16.1. The summed E-state index contributed by atoms with van der Waals surface area (Å²) in [6, 6.07) is 6.81. The fourth-order valence-corrected chi connectivity index (χ4v) is 2.56. The highest BCUT2D eigenvalue weighted by Crippen LogP contribution is 2.27. The first-order valence-corrected chi connectivity index (χ1v) is 7.82. The van der Waals surface area contributed by atoms with Crippen LogP contribution in [0.5, 0.6) is 0 Å². The summed E-state index contributed by atoms with van der Waals surface area (Å²) in [7, 11) is 0. The molecule has 1 aromatic rings. The van der Waals surface area contributed by atoms with Crippen LogP contribution in [-0.2, 0) is 0 Å². The van der Waals surface area contributed by atoms with E-state index in [1.54, 1.807) is 0 Å². The van der Waals surface area contributed by atoms with Crippen LogP contribution >= 0.6 is 0 Å². The molecule has 0 bridgehead atoms. The van der Waals surface area contributed by atoms with Crippen LogP contribution < -0.4 is 0 Å². The van der Waals surface area contributed by atoms with Crippen molar-refractivity contribution >= 4 is 5.78 Å². The molecule has 2 heteroatoms. The molecule has 2 rings (SSSR count). The van der Waals surface area contributed by atoms with Gasteiger partial charge in [0.05, 0.1) is 6.54 Å². The maximum absolute atomic E-state index is 12.6. The maximum atomic E-state index is 12.6. The third-order valence-electron chi connectivity index (χ3n) is 4.10. The van der Waals surface area contributed by atoms with Crippen LogP contribution in [0.3, 0.4) is 0 Å².